The number of nitrogens with zero attached hydrogens (tertiary/aromatic N) is 4. The van der Waals surface area contributed by atoms with Gasteiger partial charge in [-0.3, -0.25) is 9.36 Å². The third-order valence-electron chi connectivity index (χ3n) is 5.31. The third kappa shape index (κ3) is 4.17. The van der Waals surface area contributed by atoms with Crippen LogP contribution in [0.25, 0.3) is 27.0 Å². The molecule has 33 heavy (non-hydrogen) atoms. The highest BCUT2D eigenvalue weighted by molar-refractivity contribution is 7.98. The largest absolute Gasteiger partial charge is 0.497 e. The summed E-state index contributed by atoms with van der Waals surface area (Å²) in [6.07, 6.45) is 1.66. The number of benzene rings is 2. The van der Waals surface area contributed by atoms with Crippen LogP contribution in [0, 0.1) is 13.8 Å². The summed E-state index contributed by atoms with van der Waals surface area (Å²) in [4.78, 5) is 22.6. The van der Waals surface area contributed by atoms with Crippen molar-refractivity contribution in [2.45, 2.75) is 24.8 Å². The summed E-state index contributed by atoms with van der Waals surface area (Å²) < 4.78 is 7.20. The van der Waals surface area contributed by atoms with Gasteiger partial charge in [0.05, 0.1) is 23.9 Å². The Balaban J connectivity index is 1.44. The van der Waals surface area contributed by atoms with Crippen LogP contribution in [0.5, 0.6) is 5.75 Å². The molecule has 1 N–H and O–H groups in total. The second-order valence-electron chi connectivity index (χ2n) is 7.57. The van der Waals surface area contributed by atoms with E-state index in [0.29, 0.717) is 22.1 Å². The van der Waals surface area contributed by atoms with Crippen LogP contribution in [-0.2, 0) is 5.75 Å². The predicted molar refractivity (Wildman–Crippen MR) is 133 cm³/mol. The minimum absolute atomic E-state index is 0.121. The van der Waals surface area contributed by atoms with E-state index in [-0.39, 0.29) is 5.56 Å². The molecule has 0 bridgehead atoms. The van der Waals surface area contributed by atoms with E-state index >= 15 is 0 Å². The summed E-state index contributed by atoms with van der Waals surface area (Å²) in [5.41, 5.74) is 3.95. The molecule has 0 fully saturated rings. The van der Waals surface area contributed by atoms with E-state index in [1.165, 1.54) is 17.3 Å². The Morgan fingerprint density at radius 3 is 2.76 bits per heavy atom. The lowest BCUT2D eigenvalue weighted by molar-refractivity contribution is 0.414. The smallest absolute Gasteiger partial charge is 0.260 e. The zero-order chi connectivity index (χ0) is 22.9. The van der Waals surface area contributed by atoms with Crippen molar-refractivity contribution < 1.29 is 4.74 Å². The molecular weight excluding hydrogens is 454 g/mol. The Bertz CT molecular complexity index is 1500. The molecule has 3 aromatic heterocycles. The van der Waals surface area contributed by atoms with Crippen molar-refractivity contribution in [1.29, 1.82) is 0 Å². The summed E-state index contributed by atoms with van der Waals surface area (Å²) in [5.74, 6) is 1.82. The monoisotopic (exact) mass is 475 g/mol. The number of fused-ring (bicyclic) bond motifs is 1. The van der Waals surface area contributed by atoms with Gasteiger partial charge >= 0.3 is 0 Å². The first kappa shape index (κ1) is 21.4. The lowest BCUT2D eigenvalue weighted by Crippen LogP contribution is -2.11. The highest BCUT2D eigenvalue weighted by atomic mass is 32.2. The molecule has 0 radical (unpaired) electrons. The fourth-order valence-corrected chi connectivity index (χ4v) is 5.56. The standard InChI is InChI=1S/C24H21N5O2S2/c1-14-7-9-16(10-8-14)20-15(2)33-23-21(20)22(30)26-19(27-23)12-32-24-28-25-13-29(24)17-5-4-6-18(11-17)31-3/h4-11,13H,12H2,1-3H3,(H,26,27,30). The van der Waals surface area contributed by atoms with Gasteiger partial charge in [-0.05, 0) is 31.5 Å². The molecule has 0 aliphatic heterocycles. The summed E-state index contributed by atoms with van der Waals surface area (Å²) in [6, 6.07) is 15.9. The lowest BCUT2D eigenvalue weighted by Gasteiger charge is -2.08. The quantitative estimate of drug-likeness (QED) is 0.342. The summed E-state index contributed by atoms with van der Waals surface area (Å²) in [6.45, 7) is 4.09. The highest BCUT2D eigenvalue weighted by Gasteiger charge is 2.17. The lowest BCUT2D eigenvalue weighted by atomic mass is 10.0. The number of hydrogen-bond acceptors (Lipinski definition) is 7. The number of ether oxygens (including phenoxy) is 1. The molecule has 7 nitrogen and oxygen atoms in total. The van der Waals surface area contributed by atoms with Crippen molar-refractivity contribution in [1.82, 2.24) is 24.7 Å². The van der Waals surface area contributed by atoms with E-state index in [1.54, 1.807) is 24.8 Å². The van der Waals surface area contributed by atoms with Gasteiger partial charge in [-0.1, -0.05) is 47.7 Å². The molecule has 0 atom stereocenters. The maximum atomic E-state index is 13.0. The molecule has 5 rings (SSSR count). The molecule has 166 valence electrons. The van der Waals surface area contributed by atoms with Crippen LogP contribution in [0.2, 0.25) is 0 Å². The Kier molecular flexibility index (Phi) is 5.74. The molecule has 0 aliphatic rings. The summed E-state index contributed by atoms with van der Waals surface area (Å²) in [5, 5.41) is 9.63. The van der Waals surface area contributed by atoms with Crippen molar-refractivity contribution in [3.05, 3.63) is 81.5 Å². The zero-order valence-electron chi connectivity index (χ0n) is 18.3. The zero-order valence-corrected chi connectivity index (χ0v) is 20.0. The first-order valence-corrected chi connectivity index (χ1v) is 12.1. The first-order chi connectivity index (χ1) is 16.0. The van der Waals surface area contributed by atoms with Crippen LogP contribution in [0.1, 0.15) is 16.3 Å². The van der Waals surface area contributed by atoms with Gasteiger partial charge in [-0.2, -0.15) is 0 Å². The van der Waals surface area contributed by atoms with Crippen molar-refractivity contribution >= 4 is 33.3 Å². The fourth-order valence-electron chi connectivity index (χ4n) is 3.69. The second-order valence-corrected chi connectivity index (χ2v) is 9.71. The molecule has 0 spiro atoms. The number of aryl methyl sites for hydroxylation is 2. The molecule has 2 aromatic carbocycles. The number of thiophene rings is 1. The Hall–Kier alpha value is -3.43. The van der Waals surface area contributed by atoms with Crippen LogP contribution in [0.15, 0.2) is 64.8 Å². The highest BCUT2D eigenvalue weighted by Crippen LogP contribution is 2.36. The van der Waals surface area contributed by atoms with Crippen LogP contribution < -0.4 is 10.3 Å². The molecule has 0 amide bonds. The number of aromatic nitrogens is 5. The van der Waals surface area contributed by atoms with Gasteiger partial charge in [0.25, 0.3) is 5.56 Å². The van der Waals surface area contributed by atoms with E-state index in [2.05, 4.69) is 46.4 Å². The molecule has 0 saturated carbocycles. The van der Waals surface area contributed by atoms with E-state index < -0.39 is 0 Å². The molecule has 3 heterocycles. The van der Waals surface area contributed by atoms with Crippen LogP contribution >= 0.6 is 23.1 Å². The maximum Gasteiger partial charge on any atom is 0.260 e. The number of thioether (sulfide) groups is 1. The van der Waals surface area contributed by atoms with Crippen molar-refractivity contribution in [2.24, 2.45) is 0 Å². The number of rotatable bonds is 6. The second kappa shape index (κ2) is 8.84. The minimum atomic E-state index is -0.121. The van der Waals surface area contributed by atoms with E-state index in [1.807, 2.05) is 35.8 Å². The van der Waals surface area contributed by atoms with Crippen molar-refractivity contribution in [3.63, 3.8) is 0 Å². The molecule has 9 heteroatoms. The van der Waals surface area contributed by atoms with Crippen molar-refractivity contribution in [3.8, 4) is 22.6 Å². The molecule has 0 unspecified atom stereocenters. The van der Waals surface area contributed by atoms with Gasteiger partial charge in [0.2, 0.25) is 0 Å². The van der Waals surface area contributed by atoms with Gasteiger partial charge < -0.3 is 9.72 Å². The number of H-pyrrole nitrogens is 1. The number of methoxy groups -OCH3 is 1. The van der Waals surface area contributed by atoms with Crippen LogP contribution in [0.3, 0.4) is 0 Å². The van der Waals surface area contributed by atoms with E-state index in [9.17, 15) is 4.79 Å². The summed E-state index contributed by atoms with van der Waals surface area (Å²) in [7, 11) is 1.63. The maximum absolute atomic E-state index is 13.0. The topological polar surface area (TPSA) is 85.7 Å². The van der Waals surface area contributed by atoms with Gasteiger partial charge in [0.15, 0.2) is 5.16 Å². The Morgan fingerprint density at radius 1 is 1.15 bits per heavy atom. The average Bonchev–Trinajstić information content (AvgIpc) is 3.42. The SMILES string of the molecule is COc1cccc(-n2cnnc2SCc2nc3sc(C)c(-c4ccc(C)cc4)c3c(=O)[nH]2)c1. The van der Waals surface area contributed by atoms with Gasteiger partial charge in [0.1, 0.15) is 22.7 Å². The molecular formula is C24H21N5O2S2. The van der Waals surface area contributed by atoms with Crippen molar-refractivity contribution in [2.75, 3.05) is 7.11 Å². The number of aromatic amines is 1. The number of nitrogens with one attached hydrogen (secondary N) is 1. The first-order valence-electron chi connectivity index (χ1n) is 10.3. The normalized spacial score (nSPS) is 11.2. The van der Waals surface area contributed by atoms with Gasteiger partial charge in [-0.15, -0.1) is 21.5 Å². The van der Waals surface area contributed by atoms with Crippen LogP contribution in [-0.4, -0.2) is 31.8 Å². The van der Waals surface area contributed by atoms with E-state index in [0.717, 1.165) is 32.3 Å². The Morgan fingerprint density at radius 2 is 1.97 bits per heavy atom. The fraction of sp³-hybridized carbons (Fsp3) is 0.167. The van der Waals surface area contributed by atoms with Gasteiger partial charge in [-0.25, -0.2) is 4.98 Å². The van der Waals surface area contributed by atoms with Gasteiger partial charge in [0, 0.05) is 16.5 Å². The van der Waals surface area contributed by atoms with Crippen LogP contribution in [0.4, 0.5) is 0 Å². The third-order valence-corrected chi connectivity index (χ3v) is 7.27. The predicted octanol–water partition coefficient (Wildman–Crippen LogP) is 5.15. The van der Waals surface area contributed by atoms with E-state index in [4.69, 9.17) is 9.72 Å². The summed E-state index contributed by atoms with van der Waals surface area (Å²) >= 11 is 3.01. The average molecular weight is 476 g/mol. The molecule has 0 saturated heterocycles. The number of hydrogen-bond donors (Lipinski definition) is 1. The molecule has 5 aromatic rings. The Labute approximate surface area is 198 Å². The molecule has 0 aliphatic carbocycles. The minimum Gasteiger partial charge on any atom is -0.497 e.